The average molecular weight is 429 g/mol. The SMILES string of the molecule is CC1Oc2ccc(NC(=O)c3cccc(S(=O)(=O)NC4CCCC4)c3)cc2NC1=O. The molecule has 1 aliphatic heterocycles. The normalized spacial score (nSPS) is 19.0. The molecule has 0 aromatic heterocycles. The third-order valence-corrected chi connectivity index (χ3v) is 6.77. The van der Waals surface area contributed by atoms with Crippen molar-refractivity contribution >= 4 is 33.2 Å². The monoisotopic (exact) mass is 429 g/mol. The van der Waals surface area contributed by atoms with Crippen molar-refractivity contribution in [1.29, 1.82) is 0 Å². The summed E-state index contributed by atoms with van der Waals surface area (Å²) < 4.78 is 33.5. The summed E-state index contributed by atoms with van der Waals surface area (Å²) in [5, 5.41) is 5.45. The smallest absolute Gasteiger partial charge is 0.265 e. The Bertz CT molecular complexity index is 1090. The number of carbonyl (C=O) groups is 2. The summed E-state index contributed by atoms with van der Waals surface area (Å²) in [4.78, 5) is 24.5. The number of carbonyl (C=O) groups excluding carboxylic acids is 2. The Morgan fingerprint density at radius 1 is 1.13 bits per heavy atom. The Morgan fingerprint density at radius 2 is 1.90 bits per heavy atom. The first-order chi connectivity index (χ1) is 14.3. The van der Waals surface area contributed by atoms with Gasteiger partial charge in [-0.1, -0.05) is 18.9 Å². The minimum absolute atomic E-state index is 0.0527. The van der Waals surface area contributed by atoms with Gasteiger partial charge in [-0.2, -0.15) is 0 Å². The number of nitrogens with one attached hydrogen (secondary N) is 3. The van der Waals surface area contributed by atoms with E-state index in [4.69, 9.17) is 4.74 Å². The largest absolute Gasteiger partial charge is 0.479 e. The van der Waals surface area contributed by atoms with E-state index in [1.165, 1.54) is 12.1 Å². The van der Waals surface area contributed by atoms with Gasteiger partial charge in [-0.15, -0.1) is 0 Å². The lowest BCUT2D eigenvalue weighted by Crippen LogP contribution is -2.34. The molecule has 0 saturated heterocycles. The number of hydrogen-bond acceptors (Lipinski definition) is 5. The number of hydrogen-bond donors (Lipinski definition) is 3. The van der Waals surface area contributed by atoms with Crippen LogP contribution < -0.4 is 20.1 Å². The minimum atomic E-state index is -3.69. The Hall–Kier alpha value is -2.91. The van der Waals surface area contributed by atoms with Crippen LogP contribution in [0.25, 0.3) is 0 Å². The Balaban J connectivity index is 1.50. The van der Waals surface area contributed by atoms with Crippen molar-refractivity contribution in [1.82, 2.24) is 4.72 Å². The molecule has 1 fully saturated rings. The summed E-state index contributed by atoms with van der Waals surface area (Å²) >= 11 is 0. The molecule has 0 spiro atoms. The van der Waals surface area contributed by atoms with E-state index in [0.29, 0.717) is 17.1 Å². The quantitative estimate of drug-likeness (QED) is 0.676. The molecule has 0 radical (unpaired) electrons. The van der Waals surface area contributed by atoms with E-state index in [1.54, 1.807) is 37.3 Å². The summed E-state index contributed by atoms with van der Waals surface area (Å²) in [5.74, 6) is -0.200. The maximum atomic E-state index is 12.7. The van der Waals surface area contributed by atoms with Crippen LogP contribution in [0.4, 0.5) is 11.4 Å². The zero-order valence-corrected chi connectivity index (χ0v) is 17.3. The Kier molecular flexibility index (Phi) is 5.48. The predicted molar refractivity (Wildman–Crippen MR) is 112 cm³/mol. The number of fused-ring (bicyclic) bond motifs is 1. The van der Waals surface area contributed by atoms with Crippen molar-refractivity contribution < 1.29 is 22.7 Å². The first kappa shape index (κ1) is 20.4. The van der Waals surface area contributed by atoms with Crippen LogP contribution in [0.2, 0.25) is 0 Å². The Labute approximate surface area is 175 Å². The third-order valence-electron chi connectivity index (χ3n) is 5.25. The number of amides is 2. The van der Waals surface area contributed by atoms with Crippen molar-refractivity contribution in [3.05, 3.63) is 48.0 Å². The van der Waals surface area contributed by atoms with Gasteiger partial charge in [0.25, 0.3) is 11.8 Å². The molecule has 158 valence electrons. The fourth-order valence-electron chi connectivity index (χ4n) is 3.63. The highest BCUT2D eigenvalue weighted by Gasteiger charge is 2.25. The second kappa shape index (κ2) is 8.08. The van der Waals surface area contributed by atoms with Crippen molar-refractivity contribution in [3.63, 3.8) is 0 Å². The Morgan fingerprint density at radius 3 is 2.67 bits per heavy atom. The van der Waals surface area contributed by atoms with Gasteiger partial charge in [-0.25, -0.2) is 13.1 Å². The van der Waals surface area contributed by atoms with Gasteiger partial charge in [0, 0.05) is 17.3 Å². The van der Waals surface area contributed by atoms with Crippen LogP contribution in [0.1, 0.15) is 43.0 Å². The number of sulfonamides is 1. The molecule has 1 heterocycles. The van der Waals surface area contributed by atoms with Crippen molar-refractivity contribution in [2.45, 2.75) is 49.6 Å². The van der Waals surface area contributed by atoms with Gasteiger partial charge >= 0.3 is 0 Å². The molecule has 8 nitrogen and oxygen atoms in total. The lowest BCUT2D eigenvalue weighted by atomic mass is 10.2. The van der Waals surface area contributed by atoms with Crippen molar-refractivity contribution in [2.24, 2.45) is 0 Å². The van der Waals surface area contributed by atoms with E-state index in [0.717, 1.165) is 25.7 Å². The van der Waals surface area contributed by atoms with Crippen LogP contribution in [0.15, 0.2) is 47.4 Å². The summed E-state index contributed by atoms with van der Waals surface area (Å²) in [5.41, 5.74) is 1.14. The highest BCUT2D eigenvalue weighted by molar-refractivity contribution is 7.89. The van der Waals surface area contributed by atoms with Crippen molar-refractivity contribution in [2.75, 3.05) is 10.6 Å². The number of anilines is 2. The molecule has 1 aliphatic carbocycles. The molecule has 9 heteroatoms. The fourth-order valence-corrected chi connectivity index (χ4v) is 4.98. The standard InChI is InChI=1S/C21H23N3O5S/c1-13-20(25)23-18-12-16(9-10-19(18)29-13)22-21(26)14-5-4-8-17(11-14)30(27,28)24-15-6-2-3-7-15/h4-5,8-13,15,24H,2-3,6-7H2,1H3,(H,22,26)(H,23,25). The van der Waals surface area contributed by atoms with Gasteiger partial charge in [0.05, 0.1) is 10.6 Å². The topological polar surface area (TPSA) is 114 Å². The van der Waals surface area contributed by atoms with E-state index in [9.17, 15) is 18.0 Å². The first-order valence-electron chi connectivity index (χ1n) is 9.87. The molecule has 4 rings (SSSR count). The highest BCUT2D eigenvalue weighted by Crippen LogP contribution is 2.32. The van der Waals surface area contributed by atoms with Crippen molar-refractivity contribution in [3.8, 4) is 5.75 Å². The molecule has 2 amide bonds. The molecule has 2 aliphatic rings. The van der Waals surface area contributed by atoms with E-state index in [2.05, 4.69) is 15.4 Å². The summed E-state index contributed by atoms with van der Waals surface area (Å²) in [7, 11) is -3.69. The van der Waals surface area contributed by atoms with Gasteiger partial charge in [0.2, 0.25) is 10.0 Å². The maximum absolute atomic E-state index is 12.7. The van der Waals surface area contributed by atoms with E-state index in [1.807, 2.05) is 0 Å². The van der Waals surface area contributed by atoms with Crippen LogP contribution in [-0.2, 0) is 14.8 Å². The molecule has 2 aromatic rings. The van der Waals surface area contributed by atoms with Gasteiger partial charge in [-0.05, 0) is 56.2 Å². The molecular weight excluding hydrogens is 406 g/mol. The highest BCUT2D eigenvalue weighted by atomic mass is 32.2. The number of rotatable bonds is 5. The lowest BCUT2D eigenvalue weighted by Gasteiger charge is -2.23. The summed E-state index contributed by atoms with van der Waals surface area (Å²) in [6, 6.07) is 10.8. The molecule has 3 N–H and O–H groups in total. The van der Waals surface area contributed by atoms with Gasteiger partial charge in [-0.3, -0.25) is 9.59 Å². The van der Waals surface area contributed by atoms with Crippen LogP contribution in [0.5, 0.6) is 5.75 Å². The zero-order chi connectivity index (χ0) is 21.3. The van der Waals surface area contributed by atoms with E-state index < -0.39 is 22.0 Å². The van der Waals surface area contributed by atoms with Gasteiger partial charge < -0.3 is 15.4 Å². The van der Waals surface area contributed by atoms with E-state index >= 15 is 0 Å². The van der Waals surface area contributed by atoms with Crippen LogP contribution in [-0.4, -0.2) is 32.4 Å². The van der Waals surface area contributed by atoms with Gasteiger partial charge in [0.1, 0.15) is 5.75 Å². The number of benzene rings is 2. The number of ether oxygens (including phenoxy) is 1. The zero-order valence-electron chi connectivity index (χ0n) is 16.5. The van der Waals surface area contributed by atoms with Crippen LogP contribution >= 0.6 is 0 Å². The van der Waals surface area contributed by atoms with E-state index in [-0.39, 0.29) is 22.4 Å². The summed E-state index contributed by atoms with van der Waals surface area (Å²) in [6.45, 7) is 1.65. The fraction of sp³-hybridized carbons (Fsp3) is 0.333. The molecule has 0 bridgehead atoms. The summed E-state index contributed by atoms with van der Waals surface area (Å²) in [6.07, 6.45) is 3.11. The predicted octanol–water partition coefficient (Wildman–Crippen LogP) is 2.88. The molecule has 30 heavy (non-hydrogen) atoms. The first-order valence-corrected chi connectivity index (χ1v) is 11.4. The molecule has 1 unspecified atom stereocenters. The molecular formula is C21H23N3O5S. The molecule has 1 atom stereocenters. The molecule has 1 saturated carbocycles. The average Bonchev–Trinajstić information content (AvgIpc) is 3.21. The third kappa shape index (κ3) is 4.31. The second-order valence-corrected chi connectivity index (χ2v) is 9.26. The second-order valence-electron chi connectivity index (χ2n) is 7.54. The lowest BCUT2D eigenvalue weighted by molar-refractivity contribution is -0.122. The maximum Gasteiger partial charge on any atom is 0.265 e. The van der Waals surface area contributed by atoms with Crippen LogP contribution in [0, 0.1) is 0 Å². The molecule has 2 aromatic carbocycles. The van der Waals surface area contributed by atoms with Crippen LogP contribution in [0.3, 0.4) is 0 Å². The van der Waals surface area contributed by atoms with Gasteiger partial charge in [0.15, 0.2) is 6.10 Å². The minimum Gasteiger partial charge on any atom is -0.479 e.